The second kappa shape index (κ2) is 4.96. The van der Waals surface area contributed by atoms with Crippen molar-refractivity contribution in [2.45, 2.75) is 18.4 Å². The average Bonchev–Trinajstić information content (AvgIpc) is 2.39. The molecule has 0 aliphatic rings. The van der Waals surface area contributed by atoms with Crippen molar-refractivity contribution < 1.29 is 5.11 Å². The standard InChI is InChI=1S/C17H14O/c1-3-11-17(18,12-4-2)16-10-9-14-7-5-6-8-15(14)13-16/h1-2,5-10,13,18H,11-12H2. The first-order valence-electron chi connectivity index (χ1n) is 5.78. The van der Waals surface area contributed by atoms with Crippen LogP contribution in [-0.4, -0.2) is 5.11 Å². The van der Waals surface area contributed by atoms with E-state index in [9.17, 15) is 5.11 Å². The van der Waals surface area contributed by atoms with Crippen molar-refractivity contribution in [2.24, 2.45) is 0 Å². The second-order valence-corrected chi connectivity index (χ2v) is 4.36. The van der Waals surface area contributed by atoms with Gasteiger partial charge in [0.05, 0.1) is 0 Å². The molecule has 0 atom stereocenters. The zero-order valence-corrected chi connectivity index (χ0v) is 10.1. The van der Waals surface area contributed by atoms with E-state index in [1.54, 1.807) is 0 Å². The van der Waals surface area contributed by atoms with Gasteiger partial charge in [0.2, 0.25) is 0 Å². The molecule has 0 bridgehead atoms. The van der Waals surface area contributed by atoms with Crippen LogP contribution in [0.2, 0.25) is 0 Å². The fourth-order valence-electron chi connectivity index (χ4n) is 2.08. The summed E-state index contributed by atoms with van der Waals surface area (Å²) < 4.78 is 0. The summed E-state index contributed by atoms with van der Waals surface area (Å²) in [6.07, 6.45) is 11.1. The molecule has 0 amide bonds. The van der Waals surface area contributed by atoms with Gasteiger partial charge in [-0.15, -0.1) is 24.7 Å². The van der Waals surface area contributed by atoms with Crippen molar-refractivity contribution >= 4 is 10.8 Å². The monoisotopic (exact) mass is 234 g/mol. The summed E-state index contributed by atoms with van der Waals surface area (Å²) in [6.45, 7) is 0. The average molecular weight is 234 g/mol. The minimum atomic E-state index is -1.13. The molecule has 18 heavy (non-hydrogen) atoms. The summed E-state index contributed by atoms with van der Waals surface area (Å²) in [5.74, 6) is 4.99. The number of terminal acetylenes is 2. The van der Waals surface area contributed by atoms with Gasteiger partial charge in [0.15, 0.2) is 0 Å². The Kier molecular flexibility index (Phi) is 3.38. The van der Waals surface area contributed by atoms with Gasteiger partial charge >= 0.3 is 0 Å². The fraction of sp³-hybridized carbons (Fsp3) is 0.176. The first kappa shape index (κ1) is 12.2. The molecule has 0 fully saturated rings. The highest BCUT2D eigenvalue weighted by Crippen LogP contribution is 2.30. The Hall–Kier alpha value is -2.22. The number of fused-ring (bicyclic) bond motifs is 1. The summed E-state index contributed by atoms with van der Waals surface area (Å²) in [4.78, 5) is 0. The molecule has 0 unspecified atom stereocenters. The summed E-state index contributed by atoms with van der Waals surface area (Å²) in [5, 5.41) is 12.8. The van der Waals surface area contributed by atoms with Gasteiger partial charge in [-0.25, -0.2) is 0 Å². The quantitative estimate of drug-likeness (QED) is 0.809. The normalized spacial score (nSPS) is 10.8. The summed E-state index contributed by atoms with van der Waals surface area (Å²) in [5.41, 5.74) is -0.356. The predicted molar refractivity (Wildman–Crippen MR) is 74.7 cm³/mol. The van der Waals surface area contributed by atoms with Gasteiger partial charge in [-0.05, 0) is 22.4 Å². The lowest BCUT2D eigenvalue weighted by atomic mass is 9.86. The van der Waals surface area contributed by atoms with Crippen molar-refractivity contribution in [1.82, 2.24) is 0 Å². The van der Waals surface area contributed by atoms with E-state index in [2.05, 4.69) is 11.8 Å². The molecule has 0 aliphatic heterocycles. The van der Waals surface area contributed by atoms with E-state index >= 15 is 0 Å². The van der Waals surface area contributed by atoms with E-state index in [4.69, 9.17) is 12.8 Å². The van der Waals surface area contributed by atoms with Crippen molar-refractivity contribution in [3.8, 4) is 24.7 Å². The third-order valence-corrected chi connectivity index (χ3v) is 3.08. The minimum absolute atomic E-state index is 0.218. The summed E-state index contributed by atoms with van der Waals surface area (Å²) in [7, 11) is 0. The second-order valence-electron chi connectivity index (χ2n) is 4.36. The van der Waals surface area contributed by atoms with Crippen LogP contribution in [0.4, 0.5) is 0 Å². The Morgan fingerprint density at radius 3 is 2.17 bits per heavy atom. The van der Waals surface area contributed by atoms with Crippen LogP contribution in [0.3, 0.4) is 0 Å². The number of hydrogen-bond donors (Lipinski definition) is 1. The third kappa shape index (κ3) is 2.23. The van der Waals surface area contributed by atoms with E-state index in [0.29, 0.717) is 0 Å². The fourth-order valence-corrected chi connectivity index (χ4v) is 2.08. The zero-order chi connectivity index (χ0) is 13.0. The number of aliphatic hydroxyl groups is 1. The largest absolute Gasteiger partial charge is 0.383 e. The highest BCUT2D eigenvalue weighted by Gasteiger charge is 2.27. The lowest BCUT2D eigenvalue weighted by Crippen LogP contribution is -2.24. The van der Waals surface area contributed by atoms with E-state index in [0.717, 1.165) is 16.3 Å². The van der Waals surface area contributed by atoms with E-state index in [-0.39, 0.29) is 12.8 Å². The lowest BCUT2D eigenvalue weighted by Gasteiger charge is -2.24. The SMILES string of the molecule is C#CCC(O)(CC#C)c1ccc2ccccc2c1. The van der Waals surface area contributed by atoms with Crippen LogP contribution in [0.1, 0.15) is 18.4 Å². The molecule has 0 aliphatic carbocycles. The molecule has 88 valence electrons. The Balaban J connectivity index is 2.52. The molecule has 0 saturated carbocycles. The van der Waals surface area contributed by atoms with Crippen LogP contribution in [0.25, 0.3) is 10.8 Å². The van der Waals surface area contributed by atoms with Crippen LogP contribution in [0.15, 0.2) is 42.5 Å². The van der Waals surface area contributed by atoms with Crippen LogP contribution in [0, 0.1) is 24.7 Å². The molecular formula is C17H14O. The van der Waals surface area contributed by atoms with Crippen molar-refractivity contribution in [3.63, 3.8) is 0 Å². The van der Waals surface area contributed by atoms with Gasteiger partial charge in [-0.2, -0.15) is 0 Å². The number of rotatable bonds is 3. The summed E-state index contributed by atoms with van der Waals surface area (Å²) in [6, 6.07) is 13.8. The molecule has 0 heterocycles. The summed E-state index contributed by atoms with van der Waals surface area (Å²) >= 11 is 0. The van der Waals surface area contributed by atoms with Crippen LogP contribution >= 0.6 is 0 Å². The molecule has 1 heteroatoms. The highest BCUT2D eigenvalue weighted by molar-refractivity contribution is 5.83. The predicted octanol–water partition coefficient (Wildman–Crippen LogP) is 3.07. The first-order chi connectivity index (χ1) is 8.69. The molecular weight excluding hydrogens is 220 g/mol. The topological polar surface area (TPSA) is 20.2 Å². The van der Waals surface area contributed by atoms with Gasteiger partial charge in [-0.1, -0.05) is 36.4 Å². The molecule has 0 saturated heterocycles. The van der Waals surface area contributed by atoms with Crippen molar-refractivity contribution in [1.29, 1.82) is 0 Å². The molecule has 1 N–H and O–H groups in total. The van der Waals surface area contributed by atoms with Crippen LogP contribution in [-0.2, 0) is 5.60 Å². The molecule has 2 aromatic carbocycles. The van der Waals surface area contributed by atoms with Gasteiger partial charge in [0.25, 0.3) is 0 Å². The first-order valence-corrected chi connectivity index (χ1v) is 5.78. The maximum Gasteiger partial charge on any atom is 0.111 e. The van der Waals surface area contributed by atoms with Gasteiger partial charge in [0, 0.05) is 12.8 Å². The van der Waals surface area contributed by atoms with Crippen molar-refractivity contribution in [2.75, 3.05) is 0 Å². The Morgan fingerprint density at radius 1 is 0.944 bits per heavy atom. The Labute approximate surface area is 107 Å². The maximum absolute atomic E-state index is 10.6. The third-order valence-electron chi connectivity index (χ3n) is 3.08. The highest BCUT2D eigenvalue weighted by atomic mass is 16.3. The van der Waals surface area contributed by atoms with E-state index in [1.165, 1.54) is 0 Å². The smallest absolute Gasteiger partial charge is 0.111 e. The Morgan fingerprint density at radius 2 is 1.56 bits per heavy atom. The molecule has 0 aromatic heterocycles. The van der Waals surface area contributed by atoms with Gasteiger partial charge in [-0.3, -0.25) is 0 Å². The molecule has 2 aromatic rings. The molecule has 0 spiro atoms. The number of benzene rings is 2. The van der Waals surface area contributed by atoms with E-state index < -0.39 is 5.60 Å². The maximum atomic E-state index is 10.6. The van der Waals surface area contributed by atoms with Gasteiger partial charge < -0.3 is 5.11 Å². The molecule has 1 nitrogen and oxygen atoms in total. The van der Waals surface area contributed by atoms with Crippen LogP contribution < -0.4 is 0 Å². The minimum Gasteiger partial charge on any atom is -0.383 e. The van der Waals surface area contributed by atoms with E-state index in [1.807, 2.05) is 42.5 Å². The van der Waals surface area contributed by atoms with Crippen LogP contribution in [0.5, 0.6) is 0 Å². The lowest BCUT2D eigenvalue weighted by molar-refractivity contribution is 0.0476. The molecule has 2 rings (SSSR count). The Bertz CT molecular complexity index is 624. The van der Waals surface area contributed by atoms with Crippen molar-refractivity contribution in [3.05, 3.63) is 48.0 Å². The van der Waals surface area contributed by atoms with Gasteiger partial charge in [0.1, 0.15) is 5.60 Å². The number of hydrogen-bond acceptors (Lipinski definition) is 1. The zero-order valence-electron chi connectivity index (χ0n) is 10.1. The molecule has 0 radical (unpaired) electrons.